The lowest BCUT2D eigenvalue weighted by Gasteiger charge is -2.20. The predicted molar refractivity (Wildman–Crippen MR) is 90.6 cm³/mol. The van der Waals surface area contributed by atoms with Crippen LogP contribution in [-0.2, 0) is 17.8 Å². The van der Waals surface area contributed by atoms with Crippen molar-refractivity contribution in [2.24, 2.45) is 0 Å². The molecule has 0 saturated heterocycles. The summed E-state index contributed by atoms with van der Waals surface area (Å²) in [5, 5.41) is 6.39. The summed E-state index contributed by atoms with van der Waals surface area (Å²) in [7, 11) is 0. The molecule has 2 N–H and O–H groups in total. The van der Waals surface area contributed by atoms with Crippen LogP contribution in [0.5, 0.6) is 0 Å². The van der Waals surface area contributed by atoms with E-state index in [-0.39, 0.29) is 0 Å². The Bertz CT molecular complexity index is 662. The Labute approximate surface area is 141 Å². The van der Waals surface area contributed by atoms with Gasteiger partial charge in [0.05, 0.1) is 6.54 Å². The van der Waals surface area contributed by atoms with Gasteiger partial charge in [0.15, 0.2) is 5.22 Å². The third kappa shape index (κ3) is 5.87. The quantitative estimate of drug-likeness (QED) is 0.839. The highest BCUT2D eigenvalue weighted by atomic mass is 35.5. The van der Waals surface area contributed by atoms with E-state index in [9.17, 15) is 4.79 Å². The highest BCUT2D eigenvalue weighted by Crippen LogP contribution is 2.18. The van der Waals surface area contributed by atoms with E-state index in [1.54, 1.807) is 6.07 Å². The zero-order chi connectivity index (χ0) is 16.9. The van der Waals surface area contributed by atoms with Gasteiger partial charge in [0.2, 0.25) is 0 Å². The van der Waals surface area contributed by atoms with Crippen molar-refractivity contribution in [3.8, 4) is 0 Å². The van der Waals surface area contributed by atoms with E-state index in [2.05, 4.69) is 10.6 Å². The smallest absolute Gasteiger partial charge is 0.407 e. The first kappa shape index (κ1) is 17.2. The van der Waals surface area contributed by atoms with Gasteiger partial charge in [-0.3, -0.25) is 0 Å². The number of alkyl carbamates (subject to hydrolysis) is 1. The maximum absolute atomic E-state index is 11.7. The van der Waals surface area contributed by atoms with Gasteiger partial charge in [-0.15, -0.1) is 0 Å². The van der Waals surface area contributed by atoms with E-state index in [4.69, 9.17) is 20.8 Å². The van der Waals surface area contributed by atoms with Gasteiger partial charge in [-0.05, 0) is 56.1 Å². The monoisotopic (exact) mass is 336 g/mol. The Kier molecular flexibility index (Phi) is 5.55. The molecule has 0 atom stereocenters. The van der Waals surface area contributed by atoms with Gasteiger partial charge < -0.3 is 19.8 Å². The zero-order valence-electron chi connectivity index (χ0n) is 13.5. The first-order valence-corrected chi connectivity index (χ1v) is 7.74. The maximum atomic E-state index is 11.7. The van der Waals surface area contributed by atoms with Crippen molar-refractivity contribution in [1.82, 2.24) is 5.32 Å². The van der Waals surface area contributed by atoms with Crippen molar-refractivity contribution in [1.29, 1.82) is 0 Å². The molecule has 124 valence electrons. The summed E-state index contributed by atoms with van der Waals surface area (Å²) in [4.78, 5) is 11.7. The molecular weight excluding hydrogens is 316 g/mol. The van der Waals surface area contributed by atoms with E-state index < -0.39 is 11.7 Å². The van der Waals surface area contributed by atoms with Crippen LogP contribution in [0.4, 0.5) is 10.5 Å². The van der Waals surface area contributed by atoms with Crippen molar-refractivity contribution >= 4 is 23.4 Å². The molecule has 0 fully saturated rings. The largest absolute Gasteiger partial charge is 0.448 e. The van der Waals surface area contributed by atoms with E-state index in [1.807, 2.05) is 51.1 Å². The molecule has 23 heavy (non-hydrogen) atoms. The number of nitrogens with one attached hydrogen (secondary N) is 2. The second kappa shape index (κ2) is 7.42. The molecule has 0 bridgehead atoms. The SMILES string of the molecule is CC(C)(C)OC(=O)NCc1ccccc1NCc1ccc(Cl)o1. The molecule has 0 spiro atoms. The second-order valence-electron chi connectivity index (χ2n) is 6.07. The van der Waals surface area contributed by atoms with Gasteiger partial charge in [0.1, 0.15) is 11.4 Å². The number of carbonyl (C=O) groups is 1. The first-order chi connectivity index (χ1) is 10.8. The molecule has 1 heterocycles. The van der Waals surface area contributed by atoms with Crippen LogP contribution in [0.3, 0.4) is 0 Å². The minimum absolute atomic E-state index is 0.363. The highest BCUT2D eigenvalue weighted by molar-refractivity contribution is 6.28. The molecule has 0 aliphatic rings. The van der Waals surface area contributed by atoms with Crippen LogP contribution < -0.4 is 10.6 Å². The van der Waals surface area contributed by atoms with E-state index >= 15 is 0 Å². The van der Waals surface area contributed by atoms with E-state index in [0.717, 1.165) is 17.0 Å². The lowest BCUT2D eigenvalue weighted by atomic mass is 10.1. The fourth-order valence-corrected chi connectivity index (χ4v) is 2.12. The molecule has 2 rings (SSSR count). The van der Waals surface area contributed by atoms with Crippen LogP contribution in [0.1, 0.15) is 32.1 Å². The van der Waals surface area contributed by atoms with Crippen LogP contribution in [0.15, 0.2) is 40.8 Å². The normalized spacial score (nSPS) is 11.1. The van der Waals surface area contributed by atoms with Crippen LogP contribution >= 0.6 is 11.6 Å². The molecule has 6 heteroatoms. The number of hydrogen-bond acceptors (Lipinski definition) is 4. The van der Waals surface area contributed by atoms with Gasteiger partial charge in [0, 0.05) is 12.2 Å². The number of benzene rings is 1. The summed E-state index contributed by atoms with van der Waals surface area (Å²) in [5.74, 6) is 0.741. The summed E-state index contributed by atoms with van der Waals surface area (Å²) >= 11 is 5.75. The second-order valence-corrected chi connectivity index (χ2v) is 6.44. The van der Waals surface area contributed by atoms with Crippen LogP contribution in [0.2, 0.25) is 5.22 Å². The number of carbonyl (C=O) groups excluding carboxylic acids is 1. The number of halogens is 1. The number of para-hydroxylation sites is 1. The Morgan fingerprint density at radius 2 is 1.91 bits per heavy atom. The fraction of sp³-hybridized carbons (Fsp3) is 0.353. The Hall–Kier alpha value is -2.14. The van der Waals surface area contributed by atoms with Crippen LogP contribution in [0.25, 0.3) is 0 Å². The topological polar surface area (TPSA) is 63.5 Å². The van der Waals surface area contributed by atoms with Crippen molar-refractivity contribution in [3.63, 3.8) is 0 Å². The van der Waals surface area contributed by atoms with Crippen LogP contribution in [0, 0.1) is 0 Å². The molecule has 0 aliphatic carbocycles. The molecule has 1 aromatic carbocycles. The minimum atomic E-state index is -0.513. The third-order valence-corrected chi connectivity index (χ3v) is 3.12. The molecular formula is C17H21ClN2O3. The lowest BCUT2D eigenvalue weighted by molar-refractivity contribution is 0.0523. The molecule has 1 aromatic heterocycles. The van der Waals surface area contributed by atoms with Gasteiger partial charge in [-0.25, -0.2) is 4.79 Å². The lowest BCUT2D eigenvalue weighted by Crippen LogP contribution is -2.32. The summed E-state index contributed by atoms with van der Waals surface area (Å²) in [6.45, 7) is 6.37. The zero-order valence-corrected chi connectivity index (χ0v) is 14.2. The Balaban J connectivity index is 1.93. The molecule has 2 aromatic rings. The molecule has 5 nitrogen and oxygen atoms in total. The minimum Gasteiger partial charge on any atom is -0.448 e. The molecule has 1 amide bonds. The highest BCUT2D eigenvalue weighted by Gasteiger charge is 2.16. The number of anilines is 1. The van der Waals surface area contributed by atoms with Crippen molar-refractivity contribution in [2.75, 3.05) is 5.32 Å². The predicted octanol–water partition coefficient (Wildman–Crippen LogP) is 4.57. The number of ether oxygens (including phenoxy) is 1. The summed E-state index contributed by atoms with van der Waals surface area (Å²) < 4.78 is 10.5. The maximum Gasteiger partial charge on any atom is 0.407 e. The Morgan fingerprint density at radius 1 is 1.17 bits per heavy atom. The van der Waals surface area contributed by atoms with E-state index in [0.29, 0.717) is 18.3 Å². The average Bonchev–Trinajstić information content (AvgIpc) is 2.87. The van der Waals surface area contributed by atoms with Crippen LogP contribution in [-0.4, -0.2) is 11.7 Å². The van der Waals surface area contributed by atoms with Gasteiger partial charge >= 0.3 is 6.09 Å². The van der Waals surface area contributed by atoms with E-state index in [1.165, 1.54) is 0 Å². The van der Waals surface area contributed by atoms with Crippen molar-refractivity contribution in [3.05, 3.63) is 52.9 Å². The number of hydrogen-bond donors (Lipinski definition) is 2. The summed E-state index contributed by atoms with van der Waals surface area (Å²) in [6.07, 6.45) is -0.440. The number of amides is 1. The van der Waals surface area contributed by atoms with Gasteiger partial charge in [-0.2, -0.15) is 0 Å². The molecule has 0 radical (unpaired) electrons. The first-order valence-electron chi connectivity index (χ1n) is 7.36. The summed E-state index contributed by atoms with van der Waals surface area (Å²) in [5.41, 5.74) is 1.35. The van der Waals surface area contributed by atoms with Crippen molar-refractivity contribution < 1.29 is 13.9 Å². The molecule has 0 saturated carbocycles. The van der Waals surface area contributed by atoms with Crippen molar-refractivity contribution in [2.45, 2.75) is 39.5 Å². The third-order valence-electron chi connectivity index (χ3n) is 2.92. The number of furan rings is 1. The standard InChI is InChI=1S/C17H21ClN2O3/c1-17(2,3)23-16(21)20-10-12-6-4-5-7-14(12)19-11-13-8-9-15(18)22-13/h4-9,19H,10-11H2,1-3H3,(H,20,21). The van der Waals surface area contributed by atoms with Gasteiger partial charge in [-0.1, -0.05) is 18.2 Å². The Morgan fingerprint density at radius 3 is 2.57 bits per heavy atom. The molecule has 0 aliphatic heterocycles. The summed E-state index contributed by atoms with van der Waals surface area (Å²) in [6, 6.07) is 11.2. The number of rotatable bonds is 5. The molecule has 0 unspecified atom stereocenters. The van der Waals surface area contributed by atoms with Gasteiger partial charge in [0.25, 0.3) is 0 Å². The average molecular weight is 337 g/mol. The fourth-order valence-electron chi connectivity index (χ4n) is 1.96.